The number of aliphatic imine (C=N–C) groups is 1. The summed E-state index contributed by atoms with van der Waals surface area (Å²) in [6, 6.07) is 8.66. The number of nitrogens with zero attached hydrogens (tertiary/aromatic N) is 2. The van der Waals surface area contributed by atoms with Gasteiger partial charge in [0, 0.05) is 39.1 Å². The minimum Gasteiger partial charge on any atom is -0.466 e. The van der Waals surface area contributed by atoms with Crippen LogP contribution in [0.5, 0.6) is 0 Å². The number of halogens is 1. The Hall–Kier alpha value is -1.84. The van der Waals surface area contributed by atoms with Gasteiger partial charge in [-0.3, -0.25) is 14.6 Å². The number of guanidine groups is 1. The summed E-state index contributed by atoms with van der Waals surface area (Å²) in [5, 5.41) is 6.86. The number of likely N-dealkylation sites (tertiary alicyclic amines) is 1. The van der Waals surface area contributed by atoms with E-state index in [9.17, 15) is 9.59 Å². The highest BCUT2D eigenvalue weighted by atomic mass is 127. The van der Waals surface area contributed by atoms with E-state index < -0.39 is 0 Å². The Bertz CT molecular complexity index is 763. The Morgan fingerprint density at radius 1 is 1.23 bits per heavy atom. The van der Waals surface area contributed by atoms with Gasteiger partial charge >= 0.3 is 5.97 Å². The molecule has 0 bridgehead atoms. The van der Waals surface area contributed by atoms with Crippen molar-refractivity contribution in [3.63, 3.8) is 0 Å². The lowest BCUT2D eigenvalue weighted by Crippen LogP contribution is -2.45. The number of carbonyl (C=O) groups excluding carboxylic acids is 2. The van der Waals surface area contributed by atoms with Crippen molar-refractivity contribution in [2.24, 2.45) is 10.9 Å². The van der Waals surface area contributed by atoms with Gasteiger partial charge in [0.15, 0.2) is 5.96 Å². The molecule has 1 aliphatic heterocycles. The molecule has 1 saturated carbocycles. The molecule has 1 aromatic rings. The van der Waals surface area contributed by atoms with Crippen LogP contribution in [-0.2, 0) is 27.4 Å². The van der Waals surface area contributed by atoms with Crippen molar-refractivity contribution in [2.45, 2.75) is 64.6 Å². The fourth-order valence-electron chi connectivity index (χ4n) is 4.24. The monoisotopic (exact) mass is 542 g/mol. The molecule has 0 atom stereocenters. The molecule has 0 radical (unpaired) electrons. The minimum absolute atomic E-state index is 0. The third kappa shape index (κ3) is 7.66. The second-order valence-corrected chi connectivity index (χ2v) is 8.11. The standard InChI is InChI=1S/C23H34N4O3.HI/c1-3-30-22(29)19-9-11-20(12-10-19)26-23(24-2)25-15-17-6-4-7-18(14-17)16-27-13-5-8-21(27)28;/h4,6-7,14,19-20H,3,5,8-13,15-16H2,1-2H3,(H2,24,25,26);1H. The highest BCUT2D eigenvalue weighted by molar-refractivity contribution is 14.0. The maximum atomic E-state index is 11.9. The van der Waals surface area contributed by atoms with Gasteiger partial charge in [-0.1, -0.05) is 24.3 Å². The summed E-state index contributed by atoms with van der Waals surface area (Å²) in [7, 11) is 1.77. The van der Waals surface area contributed by atoms with E-state index in [-0.39, 0.29) is 41.8 Å². The molecule has 2 N–H and O–H groups in total. The zero-order valence-electron chi connectivity index (χ0n) is 18.6. The maximum Gasteiger partial charge on any atom is 0.308 e. The molecule has 7 nitrogen and oxygen atoms in total. The molecule has 1 aromatic carbocycles. The van der Waals surface area contributed by atoms with Crippen LogP contribution in [0.25, 0.3) is 0 Å². The van der Waals surface area contributed by atoms with Gasteiger partial charge in [-0.05, 0) is 50.2 Å². The largest absolute Gasteiger partial charge is 0.466 e. The van der Waals surface area contributed by atoms with E-state index >= 15 is 0 Å². The Labute approximate surface area is 202 Å². The third-order valence-corrected chi connectivity index (χ3v) is 5.91. The van der Waals surface area contributed by atoms with Crippen LogP contribution < -0.4 is 10.6 Å². The Morgan fingerprint density at radius 3 is 2.61 bits per heavy atom. The molecule has 3 rings (SSSR count). The predicted molar refractivity (Wildman–Crippen MR) is 132 cm³/mol. The SMILES string of the molecule is CCOC(=O)C1CCC(NC(=NC)NCc2cccc(CN3CCCC3=O)c2)CC1.I. The van der Waals surface area contributed by atoms with Gasteiger partial charge in [-0.15, -0.1) is 24.0 Å². The molecule has 2 aliphatic rings. The topological polar surface area (TPSA) is 83.0 Å². The van der Waals surface area contributed by atoms with E-state index in [0.717, 1.165) is 55.7 Å². The van der Waals surface area contributed by atoms with E-state index in [1.807, 2.05) is 17.9 Å². The van der Waals surface area contributed by atoms with E-state index in [0.29, 0.717) is 32.2 Å². The summed E-state index contributed by atoms with van der Waals surface area (Å²) in [6.45, 7) is 4.50. The molecule has 0 unspecified atom stereocenters. The normalized spacial score (nSPS) is 21.4. The Balaban J connectivity index is 0.00000341. The van der Waals surface area contributed by atoms with Gasteiger partial charge in [0.25, 0.3) is 0 Å². The van der Waals surface area contributed by atoms with Crippen molar-refractivity contribution in [2.75, 3.05) is 20.2 Å². The van der Waals surface area contributed by atoms with E-state index in [2.05, 4.69) is 33.8 Å². The van der Waals surface area contributed by atoms with Crippen molar-refractivity contribution in [3.8, 4) is 0 Å². The number of ether oxygens (including phenoxy) is 1. The minimum atomic E-state index is -0.0611. The molecule has 1 saturated heterocycles. The summed E-state index contributed by atoms with van der Waals surface area (Å²) in [5.41, 5.74) is 2.32. The highest BCUT2D eigenvalue weighted by Gasteiger charge is 2.27. The molecule has 0 spiro atoms. The summed E-state index contributed by atoms with van der Waals surface area (Å²) < 4.78 is 5.15. The predicted octanol–water partition coefficient (Wildman–Crippen LogP) is 3.21. The quantitative estimate of drug-likeness (QED) is 0.239. The maximum absolute atomic E-state index is 11.9. The first-order chi connectivity index (χ1) is 14.6. The number of nitrogens with one attached hydrogen (secondary N) is 2. The van der Waals surface area contributed by atoms with Crippen molar-refractivity contribution in [3.05, 3.63) is 35.4 Å². The lowest BCUT2D eigenvalue weighted by Gasteiger charge is -2.29. The second-order valence-electron chi connectivity index (χ2n) is 8.11. The highest BCUT2D eigenvalue weighted by Crippen LogP contribution is 2.25. The smallest absolute Gasteiger partial charge is 0.308 e. The van der Waals surface area contributed by atoms with Crippen LogP contribution in [-0.4, -0.2) is 49.0 Å². The molecular weight excluding hydrogens is 507 g/mol. The molecule has 31 heavy (non-hydrogen) atoms. The fourth-order valence-corrected chi connectivity index (χ4v) is 4.24. The van der Waals surface area contributed by atoms with Crippen LogP contribution in [0.1, 0.15) is 56.6 Å². The summed E-state index contributed by atoms with van der Waals surface area (Å²) in [4.78, 5) is 30.0. The summed E-state index contributed by atoms with van der Waals surface area (Å²) in [6.07, 6.45) is 5.21. The summed E-state index contributed by atoms with van der Waals surface area (Å²) >= 11 is 0. The van der Waals surface area contributed by atoms with Gasteiger partial charge in [-0.25, -0.2) is 0 Å². The number of hydrogen-bond donors (Lipinski definition) is 2. The Morgan fingerprint density at radius 2 is 1.97 bits per heavy atom. The van der Waals surface area contributed by atoms with Gasteiger partial charge in [0.1, 0.15) is 0 Å². The molecule has 0 aromatic heterocycles. The molecule has 1 heterocycles. The van der Waals surface area contributed by atoms with Crippen LogP contribution in [0.15, 0.2) is 29.3 Å². The van der Waals surface area contributed by atoms with Gasteiger partial charge in [0.2, 0.25) is 5.91 Å². The molecule has 172 valence electrons. The van der Waals surface area contributed by atoms with Crippen molar-refractivity contribution < 1.29 is 14.3 Å². The fraction of sp³-hybridized carbons (Fsp3) is 0.609. The summed E-state index contributed by atoms with van der Waals surface area (Å²) in [5.74, 6) is 0.993. The van der Waals surface area contributed by atoms with E-state index in [1.165, 1.54) is 0 Å². The van der Waals surface area contributed by atoms with Gasteiger partial charge in [0.05, 0.1) is 12.5 Å². The lowest BCUT2D eigenvalue weighted by atomic mass is 9.86. The van der Waals surface area contributed by atoms with Crippen LogP contribution >= 0.6 is 24.0 Å². The molecular formula is C23H35IN4O3. The first kappa shape index (κ1) is 25.4. The van der Waals surface area contributed by atoms with Crippen LogP contribution in [0.2, 0.25) is 0 Å². The first-order valence-electron chi connectivity index (χ1n) is 11.1. The molecule has 1 amide bonds. The van der Waals surface area contributed by atoms with Crippen LogP contribution in [0.3, 0.4) is 0 Å². The van der Waals surface area contributed by atoms with Crippen LogP contribution in [0, 0.1) is 5.92 Å². The first-order valence-corrected chi connectivity index (χ1v) is 11.1. The van der Waals surface area contributed by atoms with E-state index in [4.69, 9.17) is 4.74 Å². The number of amides is 1. The lowest BCUT2D eigenvalue weighted by molar-refractivity contribution is -0.149. The van der Waals surface area contributed by atoms with Gasteiger partial charge < -0.3 is 20.3 Å². The Kier molecular flexibility index (Phi) is 10.6. The molecule has 1 aliphatic carbocycles. The molecule has 8 heteroatoms. The average Bonchev–Trinajstić information content (AvgIpc) is 3.16. The average molecular weight is 542 g/mol. The number of esters is 1. The van der Waals surface area contributed by atoms with E-state index in [1.54, 1.807) is 7.05 Å². The van der Waals surface area contributed by atoms with Crippen molar-refractivity contribution in [1.29, 1.82) is 0 Å². The molecule has 2 fully saturated rings. The second kappa shape index (κ2) is 12.9. The number of carbonyl (C=O) groups is 2. The number of rotatable bonds is 7. The zero-order valence-corrected chi connectivity index (χ0v) is 20.9. The van der Waals surface area contributed by atoms with Crippen LogP contribution in [0.4, 0.5) is 0 Å². The number of hydrogen-bond acceptors (Lipinski definition) is 4. The zero-order chi connectivity index (χ0) is 21.3. The number of benzene rings is 1. The van der Waals surface area contributed by atoms with Crippen molar-refractivity contribution >= 4 is 41.8 Å². The van der Waals surface area contributed by atoms with Crippen molar-refractivity contribution in [1.82, 2.24) is 15.5 Å². The van der Waals surface area contributed by atoms with Gasteiger partial charge in [-0.2, -0.15) is 0 Å². The third-order valence-electron chi connectivity index (χ3n) is 5.91.